The number of phenolic OH excluding ortho intramolecular Hbond substituents is 1. The van der Waals surface area contributed by atoms with Crippen LogP contribution >= 0.6 is 0 Å². The van der Waals surface area contributed by atoms with Gasteiger partial charge in [-0.15, -0.1) is 0 Å². The fourth-order valence-electron chi connectivity index (χ4n) is 11.2. The van der Waals surface area contributed by atoms with Gasteiger partial charge in [-0.2, -0.15) is 0 Å². The second-order valence-corrected chi connectivity index (χ2v) is 22.1. The van der Waals surface area contributed by atoms with Gasteiger partial charge in [-0.05, 0) is 112 Å². The van der Waals surface area contributed by atoms with Gasteiger partial charge < -0.3 is 33.9 Å². The third kappa shape index (κ3) is 13.2. The number of benzene rings is 5. The third-order valence-electron chi connectivity index (χ3n) is 14.1. The normalized spacial score (nSPS) is 17.3. The summed E-state index contributed by atoms with van der Waals surface area (Å²) in [6, 6.07) is 21.0. The van der Waals surface area contributed by atoms with Crippen LogP contribution in [0.15, 0.2) is 72.8 Å². The second kappa shape index (κ2) is 23.6. The monoisotopic (exact) mass is 1080 g/mol. The minimum Gasteiger partial charge on any atom is -0.757 e. The molecule has 5 N–H and O–H groups in total. The molecule has 7 aliphatic heterocycles. The van der Waals surface area contributed by atoms with E-state index >= 15 is 0 Å². The van der Waals surface area contributed by atoms with E-state index in [9.17, 15) is 34.3 Å². The number of nitro benzene ring substituents is 2. The number of aromatic carboxylic acids is 1. The summed E-state index contributed by atoms with van der Waals surface area (Å²) in [7, 11) is -7.58. The topological polar surface area (TPSA) is 280 Å². The van der Waals surface area contributed by atoms with Gasteiger partial charge in [0.2, 0.25) is 5.36 Å². The molecule has 7 heterocycles. The minimum atomic E-state index is -3.92. The molecule has 1 aliphatic carbocycles. The highest BCUT2D eigenvalue weighted by Gasteiger charge is 2.37. The molecule has 0 spiro atoms. The van der Waals surface area contributed by atoms with E-state index in [1.54, 1.807) is 12.1 Å². The van der Waals surface area contributed by atoms with Gasteiger partial charge in [0.1, 0.15) is 35.9 Å². The smallest absolute Gasteiger partial charge is 0.342 e. The Balaban J connectivity index is 0.000000159. The molecule has 0 radical (unpaired) electrons. The number of anilines is 2. The predicted octanol–water partition coefficient (Wildman–Crippen LogP) is 7.54. The summed E-state index contributed by atoms with van der Waals surface area (Å²) in [5.74, 6) is 5.79. The third-order valence-corrected chi connectivity index (χ3v) is 14.1. The maximum Gasteiger partial charge on any atom is 0.342 e. The van der Waals surface area contributed by atoms with Crippen molar-refractivity contribution in [1.82, 2.24) is 4.58 Å². The number of rotatable bonds is 4. The van der Waals surface area contributed by atoms with Gasteiger partial charge in [0, 0.05) is 112 Å². The molecule has 21 heteroatoms. The van der Waals surface area contributed by atoms with Gasteiger partial charge in [-0.25, -0.2) is 13.6 Å². The SMILES string of the molecule is C1CC1.C=S(=O)(O)O.C=S(=O)([O-])O.O=C(O)c1ccccc1[N+](=O)[O-].O=[N+]([O-])c1ccccc1C1=c2cc3c4c(c2Oc2c1cc1c5c2CCCN5CCC1)CCC[N+]=4CCC3.Oc1ccc2c3c1CCCN3CCC2. The van der Waals surface area contributed by atoms with Crippen molar-refractivity contribution >= 4 is 66.2 Å². The Morgan fingerprint density at radius 3 is 1.70 bits per heavy atom. The number of hydrogen-bond donors (Lipinski definition) is 5. The summed E-state index contributed by atoms with van der Waals surface area (Å²) in [6.45, 7) is 6.74. The lowest BCUT2D eigenvalue weighted by molar-refractivity contribution is -0.385. The zero-order valence-electron chi connectivity index (χ0n) is 42.2. The van der Waals surface area contributed by atoms with Crippen LogP contribution in [-0.2, 0) is 58.7 Å². The summed E-state index contributed by atoms with van der Waals surface area (Å²) < 4.78 is 59.3. The number of nitrogens with zero attached hydrogens (tertiary/aromatic N) is 5. The Kier molecular flexibility index (Phi) is 17.2. The Labute approximate surface area is 441 Å². The van der Waals surface area contributed by atoms with Gasteiger partial charge in [-0.3, -0.25) is 33.5 Å². The van der Waals surface area contributed by atoms with Crippen molar-refractivity contribution in [3.05, 3.63) is 154 Å². The summed E-state index contributed by atoms with van der Waals surface area (Å²) in [5.41, 5.74) is 12.9. The molecule has 0 amide bonds. The van der Waals surface area contributed by atoms with E-state index in [1.165, 1.54) is 120 Å². The van der Waals surface area contributed by atoms with Gasteiger partial charge in [0.25, 0.3) is 11.4 Å². The van der Waals surface area contributed by atoms with Crippen molar-refractivity contribution in [2.75, 3.05) is 49.1 Å². The summed E-state index contributed by atoms with van der Waals surface area (Å²) in [6.07, 6.45) is 17.8. The summed E-state index contributed by atoms with van der Waals surface area (Å²) in [4.78, 5) is 37.0. The number of phenols is 1. The molecule has 0 aromatic heterocycles. The molecule has 19 nitrogen and oxygen atoms in total. The maximum absolute atomic E-state index is 12.3. The molecule has 13 rings (SSSR count). The van der Waals surface area contributed by atoms with Crippen LogP contribution in [0.3, 0.4) is 0 Å². The fraction of sp³-hybridized carbons (Fsp3) is 0.382. The van der Waals surface area contributed by atoms with Crippen LogP contribution in [0.5, 0.6) is 17.2 Å². The Bertz CT molecular complexity index is 3360. The molecule has 5 aromatic carbocycles. The minimum absolute atomic E-state index is 0.164. The highest BCUT2D eigenvalue weighted by molar-refractivity contribution is 7.89. The molecule has 8 aliphatic rings. The highest BCUT2D eigenvalue weighted by Crippen LogP contribution is 2.49. The van der Waals surface area contributed by atoms with Gasteiger partial charge in [0.15, 0.2) is 10.1 Å². The molecule has 1 fully saturated rings. The number of carboxylic acids is 1. The lowest BCUT2D eigenvalue weighted by Crippen LogP contribution is -2.45. The number of nitro groups is 2. The van der Waals surface area contributed by atoms with Crippen LogP contribution in [0.1, 0.15) is 113 Å². The van der Waals surface area contributed by atoms with Crippen molar-refractivity contribution in [3.63, 3.8) is 0 Å². The van der Waals surface area contributed by atoms with E-state index in [1.807, 2.05) is 18.2 Å². The van der Waals surface area contributed by atoms with Crippen molar-refractivity contribution in [2.45, 2.75) is 96.3 Å². The Morgan fingerprint density at radius 1 is 0.618 bits per heavy atom. The van der Waals surface area contributed by atoms with E-state index < -0.39 is 31.1 Å². The zero-order chi connectivity index (χ0) is 54.5. The van der Waals surface area contributed by atoms with Crippen LogP contribution in [0.4, 0.5) is 22.7 Å². The number of fused-ring (bicyclic) bond motifs is 4. The van der Waals surface area contributed by atoms with Gasteiger partial charge in [-0.1, -0.05) is 49.6 Å². The van der Waals surface area contributed by atoms with Gasteiger partial charge >= 0.3 is 5.97 Å². The van der Waals surface area contributed by atoms with E-state index in [4.69, 9.17) is 32.3 Å². The van der Waals surface area contributed by atoms with Crippen molar-refractivity contribution in [1.29, 1.82) is 0 Å². The lowest BCUT2D eigenvalue weighted by Gasteiger charge is -2.39. The largest absolute Gasteiger partial charge is 0.757 e. The quantitative estimate of drug-likeness (QED) is 0.0493. The zero-order valence-corrected chi connectivity index (χ0v) is 43.8. The molecule has 404 valence electrons. The van der Waals surface area contributed by atoms with Crippen LogP contribution in [-0.4, -0.2) is 104 Å². The summed E-state index contributed by atoms with van der Waals surface area (Å²) in [5, 5.41) is 43.2. The van der Waals surface area contributed by atoms with E-state index in [0.717, 1.165) is 118 Å². The van der Waals surface area contributed by atoms with E-state index in [2.05, 4.69) is 44.3 Å². The number of hydrogen-bond acceptors (Lipinski definition) is 12. The average molecular weight is 1080 g/mol. The van der Waals surface area contributed by atoms with Crippen LogP contribution in [0.2, 0.25) is 0 Å². The van der Waals surface area contributed by atoms with Crippen molar-refractivity contribution in [3.8, 4) is 17.2 Å². The number of carboxylic acid groups (broad SMARTS) is 1. The van der Waals surface area contributed by atoms with Gasteiger partial charge in [0.05, 0.1) is 21.0 Å². The molecule has 1 saturated carbocycles. The van der Waals surface area contributed by atoms with Crippen LogP contribution in [0.25, 0.3) is 5.57 Å². The first-order chi connectivity index (χ1) is 36.2. The number of ether oxygens (including phenoxy) is 1. The first-order valence-corrected chi connectivity index (χ1v) is 28.8. The van der Waals surface area contributed by atoms with E-state index in [-0.39, 0.29) is 21.9 Å². The number of para-hydroxylation sites is 2. The summed E-state index contributed by atoms with van der Waals surface area (Å²) >= 11 is 0. The Hall–Kier alpha value is -6.88. The standard InChI is InChI=1S/C31H30N3O3.C12H15NO.C7H5NO4.C3H6.2CH4O3S/c35-34(36)26-12-2-1-9-21(26)27-24-17-19-7-3-13-32-15-5-10-22(28(19)32)30(24)37-31-23-11-6-16-33-14-4-8-20(29(23)33)18-25(27)31;14-11-6-5-9-3-1-7-13-8-2-4-10(11)12(9)13;9-7(10)5-3-1-2-4-6(5)8(11)12;1-2-3-1;2*1-5(2,3)4/h1-2,9,12,17-18H,3-8,10-11,13-16H2;5-6,14H,1-4,7-8H2;1-4H,(H,9,10);1-3H2;2*1H2,(H2,2,3,4)/q+1;;;;;/p-1. The van der Waals surface area contributed by atoms with Crippen LogP contribution < -0.4 is 29.7 Å². The molecule has 0 saturated heterocycles. The van der Waals surface area contributed by atoms with E-state index in [0.29, 0.717) is 11.3 Å². The number of carbonyl (C=O) groups is 1. The molecule has 1 unspecified atom stereocenters. The molecular formula is C55H63N5O14S2. The molecule has 5 aromatic rings. The molecule has 76 heavy (non-hydrogen) atoms. The fourth-order valence-corrected chi connectivity index (χ4v) is 11.2. The highest BCUT2D eigenvalue weighted by atomic mass is 32.2. The maximum atomic E-state index is 12.3. The first-order valence-electron chi connectivity index (χ1n) is 25.5. The van der Waals surface area contributed by atoms with Crippen molar-refractivity contribution < 1.29 is 56.2 Å². The first kappa shape index (κ1) is 55.4. The number of aryl methyl sites for hydroxylation is 3. The second-order valence-electron chi connectivity index (χ2n) is 19.7. The van der Waals surface area contributed by atoms with Crippen LogP contribution in [0, 0.1) is 20.2 Å². The molecule has 0 bridgehead atoms. The molecule has 1 atom stereocenters. The molecular weight excluding hydrogens is 1020 g/mol. The van der Waals surface area contributed by atoms with Crippen molar-refractivity contribution in [2.24, 2.45) is 0 Å². The average Bonchev–Trinajstić information content (AvgIpc) is 4.28. The lowest BCUT2D eigenvalue weighted by atomic mass is 9.82. The number of aromatic hydroxyl groups is 1. The Morgan fingerprint density at radius 2 is 1.12 bits per heavy atom. The predicted molar refractivity (Wildman–Crippen MR) is 293 cm³/mol.